The monoisotopic (exact) mass is 932 g/mol. The standard InChI is InChI=1S/C55H97NO10/c1-3-5-7-9-11-13-14-15-16-20-23-27-31-35-39-43-51(60)64-44-40-36-32-28-24-21-18-17-19-22-26-30-34-38-42-50(59)56-47(48(58)41-37-33-29-25-12-10-8-6-4-2)46-65-55-54(63)53(62)52(61)49(45-57)66-55/h4,6,11-13,15-16,25,37,41,47-49,52-55,57-58,61-63H,3,5,7-10,14,17-24,26-36,38-40,42-46H2,1-2H3,(H,56,59)/b6-4+,13-11-,16-15-,25-12+,41-37+. The van der Waals surface area contributed by atoms with Crippen LogP contribution in [0.2, 0.25) is 0 Å². The van der Waals surface area contributed by atoms with Crippen LogP contribution >= 0.6 is 0 Å². The van der Waals surface area contributed by atoms with Crippen molar-refractivity contribution in [3.8, 4) is 0 Å². The predicted octanol–water partition coefficient (Wildman–Crippen LogP) is 11.1. The zero-order valence-electron chi connectivity index (χ0n) is 41.6. The van der Waals surface area contributed by atoms with E-state index in [1.165, 1.54) is 96.3 Å². The van der Waals surface area contributed by atoms with Crippen molar-refractivity contribution in [3.63, 3.8) is 0 Å². The molecule has 1 rings (SSSR count). The van der Waals surface area contributed by atoms with Crippen LogP contribution in [0.5, 0.6) is 0 Å². The summed E-state index contributed by atoms with van der Waals surface area (Å²) in [5.74, 6) is -0.252. The fourth-order valence-corrected chi connectivity index (χ4v) is 7.91. The van der Waals surface area contributed by atoms with Crippen molar-refractivity contribution in [2.24, 2.45) is 0 Å². The van der Waals surface area contributed by atoms with Crippen LogP contribution in [-0.2, 0) is 23.8 Å². The summed E-state index contributed by atoms with van der Waals surface area (Å²) in [7, 11) is 0. The van der Waals surface area contributed by atoms with Crippen LogP contribution in [0.3, 0.4) is 0 Å². The number of nitrogens with one attached hydrogen (secondary N) is 1. The van der Waals surface area contributed by atoms with Gasteiger partial charge in [0, 0.05) is 12.8 Å². The second-order valence-corrected chi connectivity index (χ2v) is 18.2. The minimum atomic E-state index is -1.58. The van der Waals surface area contributed by atoms with Crippen LogP contribution < -0.4 is 5.32 Å². The molecule has 1 aliphatic rings. The number of hydrogen-bond acceptors (Lipinski definition) is 10. The van der Waals surface area contributed by atoms with Crippen LogP contribution in [0, 0.1) is 0 Å². The highest BCUT2D eigenvalue weighted by Crippen LogP contribution is 2.23. The Morgan fingerprint density at radius 2 is 1.09 bits per heavy atom. The molecule has 0 aromatic carbocycles. The van der Waals surface area contributed by atoms with Gasteiger partial charge >= 0.3 is 5.97 Å². The van der Waals surface area contributed by atoms with E-state index in [1.807, 2.05) is 19.1 Å². The molecule has 0 bridgehead atoms. The number of allylic oxidation sites excluding steroid dienone is 9. The lowest BCUT2D eigenvalue weighted by Crippen LogP contribution is -2.60. The SMILES string of the molecule is C/C=C/CC/C=C/CC/C=C/C(O)C(COC1OC(CO)C(O)C(O)C1O)NC(=O)CCCCCCCCCCCCCCCCOC(=O)CCCCCCC/C=C\C/C=C\CCCCC. The summed E-state index contributed by atoms with van der Waals surface area (Å²) in [6.45, 7) is 4.00. The summed E-state index contributed by atoms with van der Waals surface area (Å²) in [6, 6.07) is -0.843. The molecule has 0 aromatic rings. The van der Waals surface area contributed by atoms with Gasteiger partial charge in [-0.2, -0.15) is 0 Å². The lowest BCUT2D eigenvalue weighted by Gasteiger charge is -2.40. The quantitative estimate of drug-likeness (QED) is 0.0196. The van der Waals surface area contributed by atoms with E-state index in [0.717, 1.165) is 83.5 Å². The van der Waals surface area contributed by atoms with Crippen molar-refractivity contribution in [2.45, 2.75) is 256 Å². The molecule has 66 heavy (non-hydrogen) atoms. The molecule has 0 aromatic heterocycles. The lowest BCUT2D eigenvalue weighted by molar-refractivity contribution is -0.302. The third-order valence-electron chi connectivity index (χ3n) is 12.2. The average molecular weight is 932 g/mol. The molecule has 0 aliphatic carbocycles. The van der Waals surface area contributed by atoms with Gasteiger partial charge in [-0.15, -0.1) is 0 Å². The number of unbranched alkanes of at least 4 members (excludes halogenated alkanes) is 23. The van der Waals surface area contributed by atoms with Crippen molar-refractivity contribution in [3.05, 3.63) is 60.8 Å². The van der Waals surface area contributed by atoms with E-state index in [2.05, 4.69) is 54.8 Å². The van der Waals surface area contributed by atoms with Gasteiger partial charge in [-0.1, -0.05) is 177 Å². The predicted molar refractivity (Wildman–Crippen MR) is 269 cm³/mol. The number of rotatable bonds is 44. The number of amides is 1. The zero-order valence-corrected chi connectivity index (χ0v) is 41.6. The Bertz CT molecular complexity index is 1280. The van der Waals surface area contributed by atoms with E-state index in [-0.39, 0.29) is 18.5 Å². The number of carbonyl (C=O) groups excluding carboxylic acids is 2. The van der Waals surface area contributed by atoms with Crippen molar-refractivity contribution in [1.29, 1.82) is 0 Å². The Balaban J connectivity index is 2.10. The molecule has 0 radical (unpaired) electrons. The highest BCUT2D eigenvalue weighted by atomic mass is 16.7. The number of esters is 1. The van der Waals surface area contributed by atoms with Crippen LogP contribution in [0.4, 0.5) is 0 Å². The van der Waals surface area contributed by atoms with Gasteiger partial charge in [0.05, 0.1) is 32.0 Å². The molecule has 6 N–H and O–H groups in total. The first kappa shape index (κ1) is 61.4. The molecular weight excluding hydrogens is 835 g/mol. The molecule has 11 heteroatoms. The molecule has 1 amide bonds. The summed E-state index contributed by atoms with van der Waals surface area (Å²) in [5, 5.41) is 54.0. The van der Waals surface area contributed by atoms with Gasteiger partial charge in [0.2, 0.25) is 5.91 Å². The largest absolute Gasteiger partial charge is 0.466 e. The Morgan fingerprint density at radius 3 is 1.67 bits per heavy atom. The van der Waals surface area contributed by atoms with Gasteiger partial charge in [0.15, 0.2) is 6.29 Å². The normalized spacial score (nSPS) is 20.1. The van der Waals surface area contributed by atoms with Crippen molar-refractivity contribution in [1.82, 2.24) is 5.32 Å². The molecule has 382 valence electrons. The van der Waals surface area contributed by atoms with Gasteiger partial charge in [0.25, 0.3) is 0 Å². The van der Waals surface area contributed by atoms with E-state index < -0.39 is 49.5 Å². The first-order chi connectivity index (χ1) is 32.2. The Hall–Kier alpha value is -2.64. The van der Waals surface area contributed by atoms with Gasteiger partial charge in [-0.25, -0.2) is 0 Å². The first-order valence-corrected chi connectivity index (χ1v) is 26.5. The third-order valence-corrected chi connectivity index (χ3v) is 12.2. The molecule has 0 spiro atoms. The Labute approximate surface area is 401 Å². The summed E-state index contributed by atoms with van der Waals surface area (Å²) in [6.07, 6.45) is 46.1. The molecule has 1 aliphatic heterocycles. The maximum atomic E-state index is 12.9. The average Bonchev–Trinajstić information content (AvgIpc) is 3.31. The number of carbonyl (C=O) groups is 2. The summed E-state index contributed by atoms with van der Waals surface area (Å²) >= 11 is 0. The summed E-state index contributed by atoms with van der Waals surface area (Å²) in [4.78, 5) is 25.0. The second-order valence-electron chi connectivity index (χ2n) is 18.2. The first-order valence-electron chi connectivity index (χ1n) is 26.5. The van der Waals surface area contributed by atoms with Crippen molar-refractivity contribution >= 4 is 11.9 Å². The lowest BCUT2D eigenvalue weighted by atomic mass is 9.99. The smallest absolute Gasteiger partial charge is 0.305 e. The second kappa shape index (κ2) is 44.8. The highest BCUT2D eigenvalue weighted by molar-refractivity contribution is 5.76. The summed E-state index contributed by atoms with van der Waals surface area (Å²) < 4.78 is 16.6. The Morgan fingerprint density at radius 1 is 0.591 bits per heavy atom. The highest BCUT2D eigenvalue weighted by Gasteiger charge is 2.44. The molecule has 0 saturated carbocycles. The molecule has 11 nitrogen and oxygen atoms in total. The van der Waals surface area contributed by atoms with Gasteiger partial charge in [0.1, 0.15) is 24.4 Å². The van der Waals surface area contributed by atoms with Crippen molar-refractivity contribution < 1.29 is 49.3 Å². The number of aliphatic hydroxyl groups excluding tert-OH is 5. The third kappa shape index (κ3) is 34.6. The topological polar surface area (TPSA) is 175 Å². The number of ether oxygens (including phenoxy) is 3. The van der Waals surface area contributed by atoms with Crippen LogP contribution in [0.15, 0.2) is 60.8 Å². The maximum Gasteiger partial charge on any atom is 0.305 e. The fourth-order valence-electron chi connectivity index (χ4n) is 7.91. The molecule has 7 unspecified atom stereocenters. The molecule has 1 fully saturated rings. The molecule has 1 saturated heterocycles. The van der Waals surface area contributed by atoms with Crippen molar-refractivity contribution in [2.75, 3.05) is 19.8 Å². The van der Waals surface area contributed by atoms with E-state index in [4.69, 9.17) is 14.2 Å². The van der Waals surface area contributed by atoms with E-state index in [0.29, 0.717) is 25.9 Å². The zero-order chi connectivity index (χ0) is 48.1. The number of aliphatic hydroxyl groups is 5. The fraction of sp³-hybridized carbons (Fsp3) is 0.782. The van der Waals surface area contributed by atoms with Crippen LogP contribution in [-0.4, -0.2) is 100 Å². The van der Waals surface area contributed by atoms with Gasteiger partial charge < -0.3 is 45.1 Å². The molecular formula is C55H97NO10. The number of hydrogen-bond donors (Lipinski definition) is 6. The van der Waals surface area contributed by atoms with Crippen LogP contribution in [0.1, 0.15) is 213 Å². The van der Waals surface area contributed by atoms with E-state index in [1.54, 1.807) is 6.08 Å². The maximum absolute atomic E-state index is 12.9. The van der Waals surface area contributed by atoms with E-state index in [9.17, 15) is 35.1 Å². The molecule has 7 atom stereocenters. The van der Waals surface area contributed by atoms with Crippen LogP contribution in [0.25, 0.3) is 0 Å². The Kier molecular flexibility index (Phi) is 41.7. The summed E-state index contributed by atoms with van der Waals surface area (Å²) in [5.41, 5.74) is 0. The molecule has 1 heterocycles. The van der Waals surface area contributed by atoms with Gasteiger partial charge in [-0.05, 0) is 84.0 Å². The minimum Gasteiger partial charge on any atom is -0.466 e. The van der Waals surface area contributed by atoms with E-state index >= 15 is 0 Å². The van der Waals surface area contributed by atoms with Gasteiger partial charge in [-0.3, -0.25) is 9.59 Å². The minimum absolute atomic E-state index is 0.0399.